The highest BCUT2D eigenvalue weighted by Gasteiger charge is 2.18. The molecule has 2 amide bonds. The van der Waals surface area contributed by atoms with Crippen LogP contribution in [0.4, 0.5) is 18.9 Å². The fourth-order valence-corrected chi connectivity index (χ4v) is 1.73. The van der Waals surface area contributed by atoms with Crippen molar-refractivity contribution in [2.45, 2.75) is 26.4 Å². The molecule has 0 fully saturated rings. The summed E-state index contributed by atoms with van der Waals surface area (Å²) in [6, 6.07) is 1.11. The molecule has 0 radical (unpaired) electrons. The molecule has 122 valence electrons. The maximum atomic E-state index is 13.0. The van der Waals surface area contributed by atoms with E-state index in [0.717, 1.165) is 0 Å². The van der Waals surface area contributed by atoms with Gasteiger partial charge in [0.2, 0.25) is 0 Å². The highest BCUT2D eigenvalue weighted by Crippen LogP contribution is 2.17. The number of aliphatic hydroxyl groups is 1. The minimum atomic E-state index is -1.67. The van der Waals surface area contributed by atoms with Crippen LogP contribution in [0, 0.1) is 23.4 Å². The largest absolute Gasteiger partial charge is 0.391 e. The van der Waals surface area contributed by atoms with E-state index in [0.29, 0.717) is 18.6 Å². The summed E-state index contributed by atoms with van der Waals surface area (Å²) in [7, 11) is 0. The van der Waals surface area contributed by atoms with Crippen molar-refractivity contribution >= 4 is 17.5 Å². The summed E-state index contributed by atoms with van der Waals surface area (Å²) in [4.78, 5) is 23.0. The minimum Gasteiger partial charge on any atom is -0.391 e. The Kier molecular flexibility index (Phi) is 6.36. The van der Waals surface area contributed by atoms with Gasteiger partial charge in [-0.05, 0) is 12.3 Å². The van der Waals surface area contributed by atoms with Crippen LogP contribution in [0.25, 0.3) is 0 Å². The number of halogens is 3. The van der Waals surface area contributed by atoms with Crippen molar-refractivity contribution in [1.29, 1.82) is 0 Å². The molecule has 0 aliphatic carbocycles. The summed E-state index contributed by atoms with van der Waals surface area (Å²) in [5, 5.41) is 13.7. The van der Waals surface area contributed by atoms with Crippen LogP contribution in [-0.2, 0) is 9.59 Å². The zero-order valence-corrected chi connectivity index (χ0v) is 12.1. The molecule has 1 atom stereocenters. The predicted octanol–water partition coefficient (Wildman–Crippen LogP) is 1.57. The van der Waals surface area contributed by atoms with Gasteiger partial charge in [0.1, 0.15) is 0 Å². The molecule has 1 aromatic rings. The third-order valence-electron chi connectivity index (χ3n) is 2.69. The summed E-state index contributed by atoms with van der Waals surface area (Å²) < 4.78 is 38.7. The molecule has 0 aliphatic rings. The number of hydrogen-bond acceptors (Lipinski definition) is 3. The molecule has 0 bridgehead atoms. The maximum absolute atomic E-state index is 13.0. The van der Waals surface area contributed by atoms with Gasteiger partial charge in [0.15, 0.2) is 17.5 Å². The van der Waals surface area contributed by atoms with E-state index in [1.165, 1.54) is 0 Å². The van der Waals surface area contributed by atoms with Gasteiger partial charge in [0.25, 0.3) is 0 Å². The Hall–Kier alpha value is -2.09. The van der Waals surface area contributed by atoms with E-state index in [1.54, 1.807) is 0 Å². The molecular weight excluding hydrogens is 301 g/mol. The van der Waals surface area contributed by atoms with Crippen LogP contribution < -0.4 is 10.6 Å². The molecule has 3 N–H and O–H groups in total. The third-order valence-corrected chi connectivity index (χ3v) is 2.69. The summed E-state index contributed by atoms with van der Waals surface area (Å²) in [5.41, 5.74) is -0.390. The first kappa shape index (κ1) is 18.0. The fraction of sp³-hybridized carbons (Fsp3) is 0.429. The second-order valence-electron chi connectivity index (χ2n) is 5.20. The number of benzene rings is 1. The Morgan fingerprint density at radius 2 is 1.68 bits per heavy atom. The van der Waals surface area contributed by atoms with Crippen molar-refractivity contribution in [2.75, 3.05) is 11.9 Å². The Balaban J connectivity index is 2.56. The Bertz CT molecular complexity index is 541. The molecule has 0 saturated carbocycles. The number of carbonyl (C=O) groups is 2. The second-order valence-corrected chi connectivity index (χ2v) is 5.20. The molecule has 1 rings (SSSR count). The average molecular weight is 318 g/mol. The quantitative estimate of drug-likeness (QED) is 0.569. The first-order chi connectivity index (χ1) is 10.2. The van der Waals surface area contributed by atoms with Crippen LogP contribution in [0.2, 0.25) is 0 Å². The number of nitrogens with one attached hydrogen (secondary N) is 2. The minimum absolute atomic E-state index is 0.128. The van der Waals surface area contributed by atoms with Gasteiger partial charge in [-0.15, -0.1) is 0 Å². The van der Waals surface area contributed by atoms with Gasteiger partial charge in [-0.3, -0.25) is 9.59 Å². The van der Waals surface area contributed by atoms with Gasteiger partial charge in [-0.1, -0.05) is 13.8 Å². The number of aliphatic hydroxyl groups excluding tert-OH is 1. The monoisotopic (exact) mass is 318 g/mol. The topological polar surface area (TPSA) is 78.4 Å². The van der Waals surface area contributed by atoms with Crippen molar-refractivity contribution in [1.82, 2.24) is 5.32 Å². The van der Waals surface area contributed by atoms with Crippen LogP contribution in [-0.4, -0.2) is 29.6 Å². The van der Waals surface area contributed by atoms with Crippen molar-refractivity contribution in [3.63, 3.8) is 0 Å². The molecular formula is C14H17F3N2O3. The van der Waals surface area contributed by atoms with Crippen LogP contribution in [0.5, 0.6) is 0 Å². The Morgan fingerprint density at radius 3 is 2.18 bits per heavy atom. The molecule has 0 saturated heterocycles. The van der Waals surface area contributed by atoms with Crippen LogP contribution in [0.3, 0.4) is 0 Å². The number of rotatable bonds is 5. The van der Waals surface area contributed by atoms with Crippen molar-refractivity contribution in [3.8, 4) is 0 Å². The number of amides is 2. The normalized spacial score (nSPS) is 12.1. The van der Waals surface area contributed by atoms with Crippen LogP contribution in [0.15, 0.2) is 12.1 Å². The van der Waals surface area contributed by atoms with E-state index < -0.39 is 35.4 Å². The molecule has 0 aromatic heterocycles. The number of carbonyl (C=O) groups excluding carboxylic acids is 2. The SMILES string of the molecule is CC(C)C[C@@H](O)CNC(=O)C(=O)Nc1cc(F)c(F)c(F)c1. The fourth-order valence-electron chi connectivity index (χ4n) is 1.73. The average Bonchev–Trinajstić information content (AvgIpc) is 2.41. The Morgan fingerprint density at radius 1 is 1.14 bits per heavy atom. The van der Waals surface area contributed by atoms with E-state index in [4.69, 9.17) is 0 Å². The predicted molar refractivity (Wildman–Crippen MR) is 73.4 cm³/mol. The molecule has 0 aliphatic heterocycles. The number of anilines is 1. The number of hydrogen-bond donors (Lipinski definition) is 3. The molecule has 0 unspecified atom stereocenters. The van der Waals surface area contributed by atoms with E-state index in [-0.39, 0.29) is 18.2 Å². The van der Waals surface area contributed by atoms with Crippen LogP contribution >= 0.6 is 0 Å². The van der Waals surface area contributed by atoms with Gasteiger partial charge < -0.3 is 15.7 Å². The first-order valence-corrected chi connectivity index (χ1v) is 6.62. The lowest BCUT2D eigenvalue weighted by molar-refractivity contribution is -0.136. The Labute approximate surface area is 125 Å². The van der Waals surface area contributed by atoms with E-state index in [2.05, 4.69) is 5.32 Å². The summed E-state index contributed by atoms with van der Waals surface area (Å²) in [5.74, 6) is -6.67. The lowest BCUT2D eigenvalue weighted by Gasteiger charge is -2.13. The third kappa shape index (κ3) is 5.36. The van der Waals surface area contributed by atoms with Crippen molar-refractivity contribution < 1.29 is 27.9 Å². The standard InChI is InChI=1S/C14H17F3N2O3/c1-7(2)3-9(20)6-18-13(21)14(22)19-8-4-10(15)12(17)11(16)5-8/h4-5,7,9,20H,3,6H2,1-2H3,(H,18,21)(H,19,22)/t9-/m1/s1. The first-order valence-electron chi connectivity index (χ1n) is 6.62. The maximum Gasteiger partial charge on any atom is 0.313 e. The summed E-state index contributed by atoms with van der Waals surface area (Å²) in [6.45, 7) is 3.64. The van der Waals surface area contributed by atoms with Gasteiger partial charge >= 0.3 is 11.8 Å². The van der Waals surface area contributed by atoms with E-state index >= 15 is 0 Å². The zero-order chi connectivity index (χ0) is 16.9. The summed E-state index contributed by atoms with van der Waals surface area (Å²) in [6.07, 6.45) is -0.367. The molecule has 5 nitrogen and oxygen atoms in total. The van der Waals surface area contributed by atoms with Gasteiger partial charge in [-0.25, -0.2) is 13.2 Å². The smallest absolute Gasteiger partial charge is 0.313 e. The summed E-state index contributed by atoms with van der Waals surface area (Å²) >= 11 is 0. The highest BCUT2D eigenvalue weighted by atomic mass is 19.2. The highest BCUT2D eigenvalue weighted by molar-refractivity contribution is 6.39. The molecule has 1 aromatic carbocycles. The molecule has 8 heteroatoms. The lowest BCUT2D eigenvalue weighted by atomic mass is 10.1. The molecule has 0 heterocycles. The van der Waals surface area contributed by atoms with Gasteiger partial charge in [0.05, 0.1) is 6.10 Å². The van der Waals surface area contributed by atoms with Gasteiger partial charge in [-0.2, -0.15) is 0 Å². The van der Waals surface area contributed by atoms with Crippen LogP contribution in [0.1, 0.15) is 20.3 Å². The molecule has 22 heavy (non-hydrogen) atoms. The zero-order valence-electron chi connectivity index (χ0n) is 12.1. The van der Waals surface area contributed by atoms with E-state index in [9.17, 15) is 27.9 Å². The van der Waals surface area contributed by atoms with Crippen molar-refractivity contribution in [2.24, 2.45) is 5.92 Å². The van der Waals surface area contributed by atoms with Gasteiger partial charge in [0, 0.05) is 24.4 Å². The lowest BCUT2D eigenvalue weighted by Crippen LogP contribution is -2.39. The van der Waals surface area contributed by atoms with Crippen molar-refractivity contribution in [3.05, 3.63) is 29.6 Å². The van der Waals surface area contributed by atoms with E-state index in [1.807, 2.05) is 19.2 Å². The molecule has 0 spiro atoms. The second kappa shape index (κ2) is 7.79.